The van der Waals surface area contributed by atoms with Crippen molar-refractivity contribution in [3.05, 3.63) is 25.3 Å². The van der Waals surface area contributed by atoms with Gasteiger partial charge in [0, 0.05) is 10.4 Å². The zero-order valence-corrected chi connectivity index (χ0v) is 15.1. The fourth-order valence-corrected chi connectivity index (χ4v) is 0.235. The summed E-state index contributed by atoms with van der Waals surface area (Å²) >= 11 is 0. The molecule has 0 saturated carbocycles. The third-order valence-electron chi connectivity index (χ3n) is 0.676. The second-order valence-electron chi connectivity index (χ2n) is 2.14. The van der Waals surface area contributed by atoms with Crippen LogP contribution in [0.1, 0.15) is 0 Å². The third kappa shape index (κ3) is 102. The molecule has 1 aliphatic rings. The second kappa shape index (κ2) is 19.6. The predicted octanol–water partition coefficient (Wildman–Crippen LogP) is -5.94. The van der Waals surface area contributed by atoms with Crippen LogP contribution in [0.5, 0.6) is 0 Å². The minimum absolute atomic E-state index is 0. The molecule has 90 valence electrons. The van der Waals surface area contributed by atoms with Crippen molar-refractivity contribution in [2.75, 3.05) is 26.4 Å². The topological polar surface area (TPSA) is 102 Å². The quantitative estimate of drug-likeness (QED) is 0.127. The van der Waals surface area contributed by atoms with Crippen molar-refractivity contribution in [1.29, 1.82) is 0 Å². The summed E-state index contributed by atoms with van der Waals surface area (Å²) in [5, 5.41) is 0. The van der Waals surface area contributed by atoms with Crippen LogP contribution in [0, 0.1) is 0 Å². The number of rotatable bonds is 4. The summed E-state index contributed by atoms with van der Waals surface area (Å²) < 4.78 is 43.5. The first-order valence-corrected chi connectivity index (χ1v) is 5.29. The minimum Gasteiger partial charge on any atom is -0.759 e. The van der Waals surface area contributed by atoms with Crippen molar-refractivity contribution >= 4 is 10.4 Å². The molecule has 0 radical (unpaired) electrons. The molecule has 6 nitrogen and oxygen atoms in total. The Morgan fingerprint density at radius 1 is 1.12 bits per heavy atom. The SMILES string of the molecule is C1CO1.C=CCOCC=C.O=S(=O)([O-])[O-].[Na+].[Na+]. The first kappa shape index (κ1) is 26.8. The largest absolute Gasteiger partial charge is 1.00 e. The van der Waals surface area contributed by atoms with Gasteiger partial charge in [-0.25, -0.2) is 0 Å². The van der Waals surface area contributed by atoms with E-state index in [1.807, 2.05) is 0 Å². The molecule has 0 spiro atoms. The summed E-state index contributed by atoms with van der Waals surface area (Å²) in [5.74, 6) is 0. The Labute approximate surface area is 147 Å². The average molecular weight is 284 g/mol. The number of hydrogen-bond acceptors (Lipinski definition) is 6. The zero-order valence-electron chi connectivity index (χ0n) is 10.3. The van der Waals surface area contributed by atoms with Gasteiger partial charge in [0.1, 0.15) is 0 Å². The number of epoxide rings is 1. The van der Waals surface area contributed by atoms with E-state index in [9.17, 15) is 0 Å². The Morgan fingerprint density at radius 3 is 1.47 bits per heavy atom. The van der Waals surface area contributed by atoms with Gasteiger partial charge >= 0.3 is 59.1 Å². The van der Waals surface area contributed by atoms with Crippen LogP contribution in [0.2, 0.25) is 0 Å². The van der Waals surface area contributed by atoms with Gasteiger partial charge in [-0.05, 0) is 0 Å². The summed E-state index contributed by atoms with van der Waals surface area (Å²) in [6.07, 6.45) is 3.42. The van der Waals surface area contributed by atoms with E-state index < -0.39 is 10.4 Å². The van der Waals surface area contributed by atoms with E-state index in [-0.39, 0.29) is 59.1 Å². The van der Waals surface area contributed by atoms with Crippen LogP contribution < -0.4 is 59.1 Å². The summed E-state index contributed by atoms with van der Waals surface area (Å²) in [5.41, 5.74) is 0. The van der Waals surface area contributed by atoms with Crippen LogP contribution in [-0.4, -0.2) is 44.0 Å². The van der Waals surface area contributed by atoms with Crippen molar-refractivity contribution in [3.63, 3.8) is 0 Å². The van der Waals surface area contributed by atoms with Crippen molar-refractivity contribution in [2.45, 2.75) is 0 Å². The van der Waals surface area contributed by atoms with Gasteiger partial charge < -0.3 is 18.6 Å². The van der Waals surface area contributed by atoms with Gasteiger partial charge in [0.2, 0.25) is 0 Å². The van der Waals surface area contributed by atoms with Crippen molar-refractivity contribution in [1.82, 2.24) is 0 Å². The Kier molecular flexibility index (Phi) is 30.9. The number of hydrogen-bond donors (Lipinski definition) is 0. The van der Waals surface area contributed by atoms with Crippen LogP contribution in [0.4, 0.5) is 0 Å². The molecule has 17 heavy (non-hydrogen) atoms. The molecule has 0 aromatic rings. The average Bonchev–Trinajstić information content (AvgIpc) is 2.87. The maximum atomic E-state index is 8.52. The maximum Gasteiger partial charge on any atom is 1.00 e. The molecule has 0 aromatic carbocycles. The summed E-state index contributed by atoms with van der Waals surface area (Å²) in [6.45, 7) is 10.2. The van der Waals surface area contributed by atoms with Gasteiger partial charge in [-0.1, -0.05) is 12.2 Å². The van der Waals surface area contributed by atoms with Gasteiger partial charge in [-0.15, -0.1) is 13.2 Å². The molecule has 9 heteroatoms. The molecule has 1 rings (SSSR count). The summed E-state index contributed by atoms with van der Waals surface area (Å²) in [7, 11) is -5.17. The molecular formula is C8H14Na2O6S. The predicted molar refractivity (Wildman–Crippen MR) is 52.5 cm³/mol. The second-order valence-corrected chi connectivity index (χ2v) is 2.95. The van der Waals surface area contributed by atoms with Gasteiger partial charge in [0.05, 0.1) is 26.4 Å². The van der Waals surface area contributed by atoms with E-state index in [1.165, 1.54) is 0 Å². The fourth-order valence-electron chi connectivity index (χ4n) is 0.235. The molecule has 0 amide bonds. The summed E-state index contributed by atoms with van der Waals surface area (Å²) in [6, 6.07) is 0. The van der Waals surface area contributed by atoms with Crippen LogP contribution >= 0.6 is 0 Å². The zero-order chi connectivity index (χ0) is 12.2. The smallest absolute Gasteiger partial charge is 0.759 e. The third-order valence-corrected chi connectivity index (χ3v) is 0.676. The van der Waals surface area contributed by atoms with Gasteiger partial charge in [-0.3, -0.25) is 8.42 Å². The van der Waals surface area contributed by atoms with Gasteiger partial charge in [-0.2, -0.15) is 0 Å². The molecule has 0 unspecified atom stereocenters. The van der Waals surface area contributed by atoms with E-state index in [1.54, 1.807) is 12.2 Å². The van der Waals surface area contributed by atoms with Crippen LogP contribution in [0.25, 0.3) is 0 Å². The number of ether oxygens (including phenoxy) is 2. The first-order valence-electron chi connectivity index (χ1n) is 3.95. The van der Waals surface area contributed by atoms with Crippen molar-refractivity contribution in [3.8, 4) is 0 Å². The Bertz CT molecular complexity index is 234. The van der Waals surface area contributed by atoms with Crippen molar-refractivity contribution in [2.24, 2.45) is 0 Å². The van der Waals surface area contributed by atoms with E-state index in [0.717, 1.165) is 13.2 Å². The Hall–Kier alpha value is 1.27. The van der Waals surface area contributed by atoms with E-state index in [0.29, 0.717) is 13.2 Å². The van der Waals surface area contributed by atoms with Crippen LogP contribution in [0.3, 0.4) is 0 Å². The van der Waals surface area contributed by atoms with E-state index in [4.69, 9.17) is 22.3 Å². The standard InChI is InChI=1S/C6H10O.C2H4O.2Na.H2O4S/c1-3-5-7-6-4-2;1-2-3-1;;;1-5(2,3)4/h3-4H,1-2,5-6H2;1-2H2;;;(H2,1,2,3,4)/q;;2*+1;/p-2. The minimum atomic E-state index is -5.17. The Balaban J connectivity index is -0.0000000746. The van der Waals surface area contributed by atoms with Gasteiger partial charge in [0.15, 0.2) is 0 Å². The maximum absolute atomic E-state index is 8.52. The normalized spacial score (nSPS) is 10.9. The Morgan fingerprint density at radius 2 is 1.35 bits per heavy atom. The van der Waals surface area contributed by atoms with Crippen molar-refractivity contribution < 1.29 is 86.1 Å². The summed E-state index contributed by atoms with van der Waals surface area (Å²) in [4.78, 5) is 0. The molecule has 0 aromatic heterocycles. The van der Waals surface area contributed by atoms with E-state index in [2.05, 4.69) is 17.9 Å². The van der Waals surface area contributed by atoms with Crippen LogP contribution in [-0.2, 0) is 19.9 Å². The first-order chi connectivity index (χ1) is 6.91. The molecule has 0 aliphatic carbocycles. The molecule has 1 saturated heterocycles. The molecular weight excluding hydrogens is 270 g/mol. The molecule has 0 N–H and O–H groups in total. The van der Waals surface area contributed by atoms with Gasteiger partial charge in [0.25, 0.3) is 0 Å². The molecule has 1 aliphatic heterocycles. The molecule has 0 atom stereocenters. The monoisotopic (exact) mass is 284 g/mol. The van der Waals surface area contributed by atoms with Crippen LogP contribution in [0.15, 0.2) is 25.3 Å². The molecule has 1 fully saturated rings. The molecule has 0 bridgehead atoms. The fraction of sp³-hybridized carbons (Fsp3) is 0.500. The molecule has 1 heterocycles. The van der Waals surface area contributed by atoms with E-state index >= 15 is 0 Å².